The van der Waals surface area contributed by atoms with Crippen LogP contribution in [0.25, 0.3) is 11.3 Å². The van der Waals surface area contributed by atoms with E-state index in [1.807, 2.05) is 54.6 Å². The molecule has 3 aromatic rings. The molecule has 0 spiro atoms. The number of nitriles is 1. The van der Waals surface area contributed by atoms with Crippen LogP contribution in [0.4, 0.5) is 5.82 Å². The van der Waals surface area contributed by atoms with E-state index in [-0.39, 0.29) is 6.04 Å². The number of nitrogens with one attached hydrogen (secondary N) is 1. The van der Waals surface area contributed by atoms with Gasteiger partial charge in [-0.25, -0.2) is 4.68 Å². The van der Waals surface area contributed by atoms with E-state index in [4.69, 9.17) is 10.5 Å². The van der Waals surface area contributed by atoms with E-state index in [1.54, 1.807) is 4.68 Å². The number of anilines is 1. The van der Waals surface area contributed by atoms with Gasteiger partial charge in [-0.05, 0) is 55.8 Å². The number of rotatable bonds is 4. The van der Waals surface area contributed by atoms with Gasteiger partial charge in [-0.1, -0.05) is 18.2 Å². The van der Waals surface area contributed by atoms with Crippen molar-refractivity contribution in [3.05, 3.63) is 60.2 Å². The SMILES string of the molecule is N#Cc1c(-c2ccc(Oc3ccccc3)cc2)nn([C@@H]2CCCNC2)c1N. The number of para-hydroxylation sites is 1. The lowest BCUT2D eigenvalue weighted by Crippen LogP contribution is -2.32. The molecule has 2 aromatic carbocycles. The minimum absolute atomic E-state index is 0.181. The predicted molar refractivity (Wildman–Crippen MR) is 104 cm³/mol. The van der Waals surface area contributed by atoms with Gasteiger partial charge in [-0.2, -0.15) is 10.4 Å². The Morgan fingerprint density at radius 3 is 2.52 bits per heavy atom. The molecule has 3 N–H and O–H groups in total. The van der Waals surface area contributed by atoms with E-state index >= 15 is 0 Å². The van der Waals surface area contributed by atoms with E-state index in [2.05, 4.69) is 16.5 Å². The minimum Gasteiger partial charge on any atom is -0.457 e. The zero-order chi connectivity index (χ0) is 18.6. The molecule has 4 rings (SSSR count). The fraction of sp³-hybridized carbons (Fsp3) is 0.238. The van der Waals surface area contributed by atoms with Crippen LogP contribution >= 0.6 is 0 Å². The summed E-state index contributed by atoms with van der Waals surface area (Å²) in [5.74, 6) is 1.94. The Hall–Kier alpha value is -3.30. The number of hydrogen-bond donors (Lipinski definition) is 2. The molecule has 0 bridgehead atoms. The molecular formula is C21H21N5O. The molecule has 1 saturated heterocycles. The van der Waals surface area contributed by atoms with Crippen molar-refractivity contribution in [1.82, 2.24) is 15.1 Å². The number of benzene rings is 2. The molecule has 0 radical (unpaired) electrons. The average Bonchev–Trinajstić information content (AvgIpc) is 3.06. The second-order valence-corrected chi connectivity index (χ2v) is 6.60. The lowest BCUT2D eigenvalue weighted by Gasteiger charge is -2.23. The normalized spacial score (nSPS) is 16.6. The quantitative estimate of drug-likeness (QED) is 0.741. The second kappa shape index (κ2) is 7.52. The van der Waals surface area contributed by atoms with Gasteiger partial charge in [0, 0.05) is 12.1 Å². The molecule has 6 heteroatoms. The zero-order valence-corrected chi connectivity index (χ0v) is 14.9. The maximum absolute atomic E-state index is 9.60. The fourth-order valence-corrected chi connectivity index (χ4v) is 3.39. The summed E-state index contributed by atoms with van der Waals surface area (Å²) in [6.45, 7) is 1.83. The first-order valence-electron chi connectivity index (χ1n) is 9.08. The van der Waals surface area contributed by atoms with Crippen LogP contribution in [0.1, 0.15) is 24.4 Å². The molecule has 1 aromatic heterocycles. The summed E-state index contributed by atoms with van der Waals surface area (Å²) in [5.41, 5.74) is 8.13. The monoisotopic (exact) mass is 359 g/mol. The highest BCUT2D eigenvalue weighted by molar-refractivity contribution is 5.73. The first-order chi connectivity index (χ1) is 13.3. The van der Waals surface area contributed by atoms with Gasteiger partial charge >= 0.3 is 0 Å². The highest BCUT2D eigenvalue weighted by Crippen LogP contribution is 2.32. The van der Waals surface area contributed by atoms with Crippen molar-refractivity contribution >= 4 is 5.82 Å². The number of aromatic nitrogens is 2. The van der Waals surface area contributed by atoms with Crippen LogP contribution in [-0.2, 0) is 0 Å². The highest BCUT2D eigenvalue weighted by atomic mass is 16.5. The predicted octanol–water partition coefficient (Wildman–Crippen LogP) is 3.72. The average molecular weight is 359 g/mol. The molecule has 136 valence electrons. The van der Waals surface area contributed by atoms with Gasteiger partial charge in [0.1, 0.15) is 34.6 Å². The van der Waals surface area contributed by atoms with E-state index in [0.717, 1.165) is 43.0 Å². The first kappa shape index (κ1) is 17.1. The molecule has 0 saturated carbocycles. The molecule has 27 heavy (non-hydrogen) atoms. The third kappa shape index (κ3) is 3.50. The van der Waals surface area contributed by atoms with Crippen molar-refractivity contribution in [2.24, 2.45) is 0 Å². The Morgan fingerprint density at radius 2 is 1.85 bits per heavy atom. The molecular weight excluding hydrogens is 338 g/mol. The first-order valence-corrected chi connectivity index (χ1v) is 9.08. The highest BCUT2D eigenvalue weighted by Gasteiger charge is 2.23. The maximum atomic E-state index is 9.60. The Balaban J connectivity index is 1.62. The standard InChI is InChI=1S/C21H21N5O/c22-13-19-20(25-26(21(19)23)16-5-4-12-24-14-16)15-8-10-18(11-9-15)27-17-6-2-1-3-7-17/h1-3,6-11,16,24H,4-5,12,14,23H2/t16-/m1/s1. The Kier molecular flexibility index (Phi) is 4.77. The van der Waals surface area contributed by atoms with Crippen molar-refractivity contribution < 1.29 is 4.74 Å². The number of hydrogen-bond acceptors (Lipinski definition) is 5. The van der Waals surface area contributed by atoms with Crippen LogP contribution in [-0.4, -0.2) is 22.9 Å². The van der Waals surface area contributed by atoms with Crippen molar-refractivity contribution in [1.29, 1.82) is 5.26 Å². The van der Waals surface area contributed by atoms with Crippen LogP contribution in [0, 0.1) is 11.3 Å². The van der Waals surface area contributed by atoms with Gasteiger partial charge in [0.15, 0.2) is 0 Å². The molecule has 1 fully saturated rings. The molecule has 2 heterocycles. The van der Waals surface area contributed by atoms with Gasteiger partial charge < -0.3 is 15.8 Å². The smallest absolute Gasteiger partial charge is 0.140 e. The van der Waals surface area contributed by atoms with Gasteiger partial charge in [-0.15, -0.1) is 0 Å². The summed E-state index contributed by atoms with van der Waals surface area (Å²) < 4.78 is 7.63. The summed E-state index contributed by atoms with van der Waals surface area (Å²) in [6.07, 6.45) is 2.08. The molecule has 1 aliphatic heterocycles. The van der Waals surface area contributed by atoms with Crippen molar-refractivity contribution in [2.75, 3.05) is 18.8 Å². The summed E-state index contributed by atoms with van der Waals surface area (Å²) in [4.78, 5) is 0. The molecule has 0 amide bonds. The summed E-state index contributed by atoms with van der Waals surface area (Å²) >= 11 is 0. The molecule has 6 nitrogen and oxygen atoms in total. The van der Waals surface area contributed by atoms with Crippen LogP contribution in [0.15, 0.2) is 54.6 Å². The fourth-order valence-electron chi connectivity index (χ4n) is 3.39. The third-order valence-corrected chi connectivity index (χ3v) is 4.78. The molecule has 0 unspecified atom stereocenters. The van der Waals surface area contributed by atoms with Crippen LogP contribution in [0.2, 0.25) is 0 Å². The Morgan fingerprint density at radius 1 is 1.11 bits per heavy atom. The number of nitrogen functional groups attached to an aromatic ring is 1. The summed E-state index contributed by atoms with van der Waals surface area (Å²) in [6, 6.07) is 19.6. The van der Waals surface area contributed by atoms with Gasteiger partial charge in [-0.3, -0.25) is 0 Å². The van der Waals surface area contributed by atoms with Crippen LogP contribution in [0.5, 0.6) is 11.5 Å². The summed E-state index contributed by atoms with van der Waals surface area (Å²) in [7, 11) is 0. The van der Waals surface area contributed by atoms with E-state index in [1.165, 1.54) is 0 Å². The van der Waals surface area contributed by atoms with Gasteiger partial charge in [0.25, 0.3) is 0 Å². The van der Waals surface area contributed by atoms with E-state index in [9.17, 15) is 5.26 Å². The number of ether oxygens (including phenoxy) is 1. The van der Waals surface area contributed by atoms with E-state index < -0.39 is 0 Å². The zero-order valence-electron chi connectivity index (χ0n) is 14.9. The third-order valence-electron chi connectivity index (χ3n) is 4.78. The second-order valence-electron chi connectivity index (χ2n) is 6.60. The van der Waals surface area contributed by atoms with Crippen LogP contribution < -0.4 is 15.8 Å². The van der Waals surface area contributed by atoms with Crippen molar-refractivity contribution in [2.45, 2.75) is 18.9 Å². The molecule has 1 aliphatic rings. The maximum Gasteiger partial charge on any atom is 0.140 e. The summed E-state index contributed by atoms with van der Waals surface area (Å²) in [5, 5.41) is 17.6. The molecule has 1 atom stereocenters. The lowest BCUT2D eigenvalue weighted by atomic mass is 10.1. The number of nitrogens with zero attached hydrogens (tertiary/aromatic N) is 3. The van der Waals surface area contributed by atoms with Crippen molar-refractivity contribution in [3.63, 3.8) is 0 Å². The Labute approximate surface area is 158 Å². The van der Waals surface area contributed by atoms with Gasteiger partial charge in [0.2, 0.25) is 0 Å². The molecule has 0 aliphatic carbocycles. The van der Waals surface area contributed by atoms with E-state index in [0.29, 0.717) is 17.1 Å². The number of nitrogens with two attached hydrogens (primary N) is 1. The number of piperidine rings is 1. The minimum atomic E-state index is 0.181. The topological polar surface area (TPSA) is 88.9 Å². The van der Waals surface area contributed by atoms with Crippen molar-refractivity contribution in [3.8, 4) is 28.8 Å². The van der Waals surface area contributed by atoms with Gasteiger partial charge in [0.05, 0.1) is 6.04 Å². The van der Waals surface area contributed by atoms with Crippen LogP contribution in [0.3, 0.4) is 0 Å². The lowest BCUT2D eigenvalue weighted by molar-refractivity contribution is 0.351. The Bertz CT molecular complexity index is 951. The largest absolute Gasteiger partial charge is 0.457 e.